The van der Waals surface area contributed by atoms with Crippen LogP contribution in [0.5, 0.6) is 0 Å². The van der Waals surface area contributed by atoms with Crippen molar-refractivity contribution in [3.8, 4) is 0 Å². The summed E-state index contributed by atoms with van der Waals surface area (Å²) in [6.07, 6.45) is -1.05. The largest absolute Gasteiger partial charge is 0.417 e. The van der Waals surface area contributed by atoms with Gasteiger partial charge in [0, 0.05) is 18.9 Å². The quantitative estimate of drug-likeness (QED) is 0.768. The number of carbonyl (C=O) groups excluding carboxylic acids is 1. The number of rotatable bonds is 2. The molecule has 0 atom stereocenters. The SMILES string of the molecule is Cn1cccc1/C=C1/SC(=Nc2ccc(Cl)c(C(F)(F)F)c2)NC1=O. The normalized spacial score (nSPS) is 18.2. The number of amides is 1. The summed E-state index contributed by atoms with van der Waals surface area (Å²) in [4.78, 5) is 16.5. The van der Waals surface area contributed by atoms with Crippen LogP contribution in [0.4, 0.5) is 18.9 Å². The Kier molecular flexibility index (Phi) is 4.66. The van der Waals surface area contributed by atoms with E-state index >= 15 is 0 Å². The number of amidine groups is 1. The van der Waals surface area contributed by atoms with Gasteiger partial charge < -0.3 is 9.88 Å². The van der Waals surface area contributed by atoms with Crippen LogP contribution in [0, 0.1) is 0 Å². The number of hydrogen-bond acceptors (Lipinski definition) is 3. The van der Waals surface area contributed by atoms with Crippen LogP contribution in [0.1, 0.15) is 11.3 Å². The lowest BCUT2D eigenvalue weighted by atomic mass is 10.2. The van der Waals surface area contributed by atoms with E-state index in [0.717, 1.165) is 29.6 Å². The molecule has 1 amide bonds. The molecule has 4 nitrogen and oxygen atoms in total. The number of alkyl halides is 3. The average molecular weight is 386 g/mol. The zero-order chi connectivity index (χ0) is 18.2. The minimum absolute atomic E-state index is 0.0552. The van der Waals surface area contributed by atoms with Crippen LogP contribution in [0.2, 0.25) is 5.02 Å². The molecule has 0 spiro atoms. The van der Waals surface area contributed by atoms with Crippen LogP contribution in [0.3, 0.4) is 0 Å². The first-order valence-electron chi connectivity index (χ1n) is 7.02. The van der Waals surface area contributed by atoms with Crippen molar-refractivity contribution in [2.24, 2.45) is 12.0 Å². The molecular formula is C16H11ClF3N3OS. The first-order chi connectivity index (χ1) is 11.7. The number of aromatic nitrogens is 1. The van der Waals surface area contributed by atoms with Gasteiger partial charge in [-0.3, -0.25) is 4.79 Å². The highest BCUT2D eigenvalue weighted by molar-refractivity contribution is 8.18. The molecular weight excluding hydrogens is 375 g/mol. The van der Waals surface area contributed by atoms with E-state index in [4.69, 9.17) is 11.6 Å². The fraction of sp³-hybridized carbons (Fsp3) is 0.125. The van der Waals surface area contributed by atoms with Gasteiger partial charge in [-0.05, 0) is 48.2 Å². The zero-order valence-electron chi connectivity index (χ0n) is 12.8. The third kappa shape index (κ3) is 3.91. The number of aryl methyl sites for hydroxylation is 1. The maximum atomic E-state index is 12.9. The Balaban J connectivity index is 1.88. The monoisotopic (exact) mass is 385 g/mol. The Morgan fingerprint density at radius 1 is 1.32 bits per heavy atom. The highest BCUT2D eigenvalue weighted by Crippen LogP contribution is 2.37. The Morgan fingerprint density at radius 2 is 2.08 bits per heavy atom. The smallest absolute Gasteiger partial charge is 0.351 e. The molecule has 0 bridgehead atoms. The molecule has 1 aromatic heterocycles. The highest BCUT2D eigenvalue weighted by atomic mass is 35.5. The van der Waals surface area contributed by atoms with Crippen LogP contribution in [-0.2, 0) is 18.0 Å². The lowest BCUT2D eigenvalue weighted by Gasteiger charge is -2.09. The second-order valence-electron chi connectivity index (χ2n) is 5.19. The van der Waals surface area contributed by atoms with Gasteiger partial charge in [-0.15, -0.1) is 0 Å². The second-order valence-corrected chi connectivity index (χ2v) is 6.63. The topological polar surface area (TPSA) is 46.4 Å². The van der Waals surface area contributed by atoms with Gasteiger partial charge in [0.15, 0.2) is 5.17 Å². The van der Waals surface area contributed by atoms with Crippen LogP contribution in [0.15, 0.2) is 46.4 Å². The second kappa shape index (κ2) is 6.61. The van der Waals surface area contributed by atoms with E-state index < -0.39 is 16.8 Å². The summed E-state index contributed by atoms with van der Waals surface area (Å²) in [5, 5.41) is 2.35. The van der Waals surface area contributed by atoms with Gasteiger partial charge in [-0.2, -0.15) is 13.2 Å². The number of aliphatic imine (C=N–C) groups is 1. The van der Waals surface area contributed by atoms with E-state index in [1.807, 2.05) is 29.9 Å². The molecule has 0 radical (unpaired) electrons. The summed E-state index contributed by atoms with van der Waals surface area (Å²) < 4.78 is 40.5. The molecule has 2 aromatic rings. The van der Waals surface area contributed by atoms with Crippen LogP contribution in [-0.4, -0.2) is 15.6 Å². The molecule has 1 fully saturated rings. The number of thioether (sulfide) groups is 1. The lowest BCUT2D eigenvalue weighted by molar-refractivity contribution is -0.137. The Labute approximate surface area is 150 Å². The lowest BCUT2D eigenvalue weighted by Crippen LogP contribution is -2.19. The van der Waals surface area contributed by atoms with Crippen LogP contribution >= 0.6 is 23.4 Å². The molecule has 25 heavy (non-hydrogen) atoms. The van der Waals surface area contributed by atoms with Crippen molar-refractivity contribution in [3.05, 3.63) is 57.7 Å². The molecule has 0 aliphatic carbocycles. The van der Waals surface area contributed by atoms with Gasteiger partial charge in [-0.1, -0.05) is 11.6 Å². The average Bonchev–Trinajstić information content (AvgIpc) is 3.07. The van der Waals surface area contributed by atoms with E-state index in [-0.39, 0.29) is 16.8 Å². The molecule has 9 heteroatoms. The van der Waals surface area contributed by atoms with E-state index in [9.17, 15) is 18.0 Å². The minimum Gasteiger partial charge on any atom is -0.351 e. The fourth-order valence-electron chi connectivity index (χ4n) is 2.16. The summed E-state index contributed by atoms with van der Waals surface area (Å²) in [5.74, 6) is -0.352. The van der Waals surface area contributed by atoms with Crippen molar-refractivity contribution in [3.63, 3.8) is 0 Å². The number of hydrogen-bond donors (Lipinski definition) is 1. The molecule has 1 aliphatic rings. The van der Waals surface area contributed by atoms with E-state index in [0.29, 0.717) is 4.91 Å². The van der Waals surface area contributed by atoms with Crippen LogP contribution < -0.4 is 5.32 Å². The standard InChI is InChI=1S/C16H11ClF3N3OS/c1-23-6-2-3-10(23)8-13-14(24)22-15(25-13)21-9-4-5-12(17)11(7-9)16(18,19)20/h2-8H,1H3,(H,21,22,24)/b13-8+. The van der Waals surface area contributed by atoms with E-state index in [1.54, 1.807) is 6.08 Å². The van der Waals surface area contributed by atoms with E-state index in [1.165, 1.54) is 6.07 Å². The van der Waals surface area contributed by atoms with Crippen molar-refractivity contribution in [1.29, 1.82) is 0 Å². The number of carbonyl (C=O) groups is 1. The maximum absolute atomic E-state index is 12.9. The summed E-state index contributed by atoms with van der Waals surface area (Å²) in [5.41, 5.74) is -0.0886. The van der Waals surface area contributed by atoms with Crippen molar-refractivity contribution in [1.82, 2.24) is 9.88 Å². The number of nitrogens with one attached hydrogen (secondary N) is 1. The van der Waals surface area contributed by atoms with Gasteiger partial charge in [0.25, 0.3) is 5.91 Å². The van der Waals surface area contributed by atoms with Gasteiger partial charge in [0.05, 0.1) is 21.2 Å². The van der Waals surface area contributed by atoms with Crippen molar-refractivity contribution >= 4 is 46.2 Å². The van der Waals surface area contributed by atoms with E-state index in [2.05, 4.69) is 10.3 Å². The third-order valence-corrected chi connectivity index (χ3v) is 4.64. The van der Waals surface area contributed by atoms with Gasteiger partial charge in [-0.25, -0.2) is 4.99 Å². The summed E-state index contributed by atoms with van der Waals surface area (Å²) in [6.45, 7) is 0. The molecule has 130 valence electrons. The summed E-state index contributed by atoms with van der Waals surface area (Å²) in [6, 6.07) is 7.01. The fourth-order valence-corrected chi connectivity index (χ4v) is 3.21. The first-order valence-corrected chi connectivity index (χ1v) is 8.21. The molecule has 1 aromatic carbocycles. The summed E-state index contributed by atoms with van der Waals surface area (Å²) in [7, 11) is 1.84. The molecule has 1 N–H and O–H groups in total. The van der Waals surface area contributed by atoms with Crippen molar-refractivity contribution in [2.45, 2.75) is 6.18 Å². The Bertz CT molecular complexity index is 902. The highest BCUT2D eigenvalue weighted by Gasteiger charge is 2.33. The van der Waals surface area contributed by atoms with Gasteiger partial charge in [0.2, 0.25) is 0 Å². The first kappa shape index (κ1) is 17.6. The molecule has 1 aliphatic heterocycles. The molecule has 0 saturated carbocycles. The predicted octanol–water partition coefficient (Wildman–Crippen LogP) is 4.59. The number of nitrogens with zero attached hydrogens (tertiary/aromatic N) is 2. The number of halogens is 4. The molecule has 2 heterocycles. The zero-order valence-corrected chi connectivity index (χ0v) is 14.3. The van der Waals surface area contributed by atoms with Crippen molar-refractivity contribution < 1.29 is 18.0 Å². The van der Waals surface area contributed by atoms with Crippen molar-refractivity contribution in [2.75, 3.05) is 0 Å². The molecule has 3 rings (SSSR count). The minimum atomic E-state index is -4.57. The molecule has 0 unspecified atom stereocenters. The maximum Gasteiger partial charge on any atom is 0.417 e. The Hall–Kier alpha value is -2.19. The Morgan fingerprint density at radius 3 is 2.72 bits per heavy atom. The number of benzene rings is 1. The van der Waals surface area contributed by atoms with Gasteiger partial charge >= 0.3 is 6.18 Å². The third-order valence-electron chi connectivity index (χ3n) is 3.40. The van der Waals surface area contributed by atoms with Crippen LogP contribution in [0.25, 0.3) is 6.08 Å². The van der Waals surface area contributed by atoms with Gasteiger partial charge in [0.1, 0.15) is 0 Å². The predicted molar refractivity (Wildman–Crippen MR) is 92.7 cm³/mol. The summed E-state index contributed by atoms with van der Waals surface area (Å²) >= 11 is 6.64. The molecule has 1 saturated heterocycles.